The highest BCUT2D eigenvalue weighted by molar-refractivity contribution is 7.90. The Morgan fingerprint density at radius 1 is 1.24 bits per heavy atom. The van der Waals surface area contributed by atoms with E-state index in [-0.39, 0.29) is 6.10 Å². The Balaban J connectivity index is 1.85. The fourth-order valence-electron chi connectivity index (χ4n) is 2.92. The molecule has 1 aromatic heterocycles. The second kappa shape index (κ2) is 5.31. The Bertz CT molecular complexity index is 744. The summed E-state index contributed by atoms with van der Waals surface area (Å²) in [6, 6.07) is 8.99. The average Bonchev–Trinajstić information content (AvgIpc) is 2.83. The summed E-state index contributed by atoms with van der Waals surface area (Å²) in [5.41, 5.74) is 3.29. The van der Waals surface area contributed by atoms with Gasteiger partial charge in [0.1, 0.15) is 0 Å². The van der Waals surface area contributed by atoms with Crippen molar-refractivity contribution in [1.82, 2.24) is 4.57 Å². The summed E-state index contributed by atoms with van der Waals surface area (Å²) >= 11 is 0. The maximum atomic E-state index is 11.5. The summed E-state index contributed by atoms with van der Waals surface area (Å²) < 4.78 is 25.1. The van der Waals surface area contributed by atoms with Gasteiger partial charge in [-0.3, -0.25) is 0 Å². The molecule has 0 aliphatic heterocycles. The summed E-state index contributed by atoms with van der Waals surface area (Å²) in [7, 11) is -3.14. The van der Waals surface area contributed by atoms with Crippen LogP contribution in [0.1, 0.15) is 35.8 Å². The first kappa shape index (κ1) is 14.4. The first-order valence-corrected chi connectivity index (χ1v) is 8.99. The van der Waals surface area contributed by atoms with Crippen molar-refractivity contribution < 1.29 is 13.5 Å². The number of fused-ring (bicyclic) bond motifs is 1. The lowest BCUT2D eigenvalue weighted by Crippen LogP contribution is -2.12. The minimum Gasteiger partial charge on any atom is -0.388 e. The smallest absolute Gasteiger partial charge is 0.175 e. The Morgan fingerprint density at radius 3 is 2.62 bits per heavy atom. The Hall–Kier alpha value is -1.59. The van der Waals surface area contributed by atoms with Gasteiger partial charge >= 0.3 is 0 Å². The molecule has 2 aromatic rings. The standard InChI is InChI=1S/C16H19NO3S/c1-21(19,20)13-7-5-12(6-8-13)11-17-10-9-14-15(17)3-2-4-16(14)18/h5-10,16,18H,2-4,11H2,1H3. The van der Waals surface area contributed by atoms with Crippen LogP contribution in [0.4, 0.5) is 0 Å². The van der Waals surface area contributed by atoms with Crippen LogP contribution in [0.25, 0.3) is 0 Å². The molecule has 0 spiro atoms. The lowest BCUT2D eigenvalue weighted by atomic mass is 9.95. The largest absolute Gasteiger partial charge is 0.388 e. The Morgan fingerprint density at radius 2 is 1.95 bits per heavy atom. The minimum atomic E-state index is -3.14. The summed E-state index contributed by atoms with van der Waals surface area (Å²) in [4.78, 5) is 0.344. The Kier molecular flexibility index (Phi) is 3.63. The van der Waals surface area contributed by atoms with Crippen molar-refractivity contribution in [1.29, 1.82) is 0 Å². The number of aliphatic hydroxyl groups is 1. The molecule has 1 aliphatic carbocycles. The molecule has 112 valence electrons. The molecule has 1 atom stereocenters. The van der Waals surface area contributed by atoms with Gasteiger partial charge in [-0.1, -0.05) is 12.1 Å². The van der Waals surface area contributed by atoms with Crippen molar-refractivity contribution in [3.63, 3.8) is 0 Å². The van der Waals surface area contributed by atoms with Crippen molar-refractivity contribution in [2.75, 3.05) is 6.26 Å². The molecule has 0 saturated heterocycles. The van der Waals surface area contributed by atoms with E-state index in [1.165, 1.54) is 11.9 Å². The molecule has 0 saturated carbocycles. The third-order valence-electron chi connectivity index (χ3n) is 4.07. The van der Waals surface area contributed by atoms with Gasteiger partial charge in [-0.25, -0.2) is 8.42 Å². The Labute approximate surface area is 125 Å². The van der Waals surface area contributed by atoms with E-state index in [2.05, 4.69) is 4.57 Å². The monoisotopic (exact) mass is 305 g/mol. The van der Waals surface area contributed by atoms with Gasteiger partial charge in [0, 0.05) is 30.3 Å². The minimum absolute atomic E-state index is 0.344. The molecule has 5 heteroatoms. The molecular formula is C16H19NO3S. The number of aromatic nitrogens is 1. The van der Waals surface area contributed by atoms with Crippen LogP contribution in [0.3, 0.4) is 0 Å². The highest BCUT2D eigenvalue weighted by atomic mass is 32.2. The van der Waals surface area contributed by atoms with E-state index in [1.54, 1.807) is 12.1 Å². The number of rotatable bonds is 3. The van der Waals surface area contributed by atoms with Crippen molar-refractivity contribution in [2.45, 2.75) is 36.8 Å². The van der Waals surface area contributed by atoms with Crippen LogP contribution >= 0.6 is 0 Å². The van der Waals surface area contributed by atoms with E-state index in [0.717, 1.165) is 30.4 Å². The molecule has 0 radical (unpaired) electrons. The molecule has 1 aliphatic rings. The molecule has 1 N–H and O–H groups in total. The summed E-state index contributed by atoms with van der Waals surface area (Å²) in [5, 5.41) is 9.99. The van der Waals surface area contributed by atoms with Crippen molar-refractivity contribution >= 4 is 9.84 Å². The van der Waals surface area contributed by atoms with E-state index in [9.17, 15) is 13.5 Å². The lowest BCUT2D eigenvalue weighted by molar-refractivity contribution is 0.156. The van der Waals surface area contributed by atoms with Crippen molar-refractivity contribution in [3.05, 3.63) is 53.3 Å². The second-order valence-electron chi connectivity index (χ2n) is 5.67. The molecule has 1 unspecified atom stereocenters. The summed E-state index contributed by atoms with van der Waals surface area (Å²) in [6.45, 7) is 0.700. The third kappa shape index (κ3) is 2.89. The van der Waals surface area contributed by atoms with Crippen LogP contribution < -0.4 is 0 Å². The zero-order chi connectivity index (χ0) is 15.0. The quantitative estimate of drug-likeness (QED) is 0.946. The number of sulfone groups is 1. The van der Waals surface area contributed by atoms with E-state index in [1.807, 2.05) is 24.4 Å². The lowest BCUT2D eigenvalue weighted by Gasteiger charge is -2.20. The molecular weight excluding hydrogens is 286 g/mol. The van der Waals surface area contributed by atoms with Crippen LogP contribution in [-0.4, -0.2) is 24.3 Å². The van der Waals surface area contributed by atoms with Gasteiger partial charge in [0.15, 0.2) is 9.84 Å². The first-order chi connectivity index (χ1) is 9.95. The fraction of sp³-hybridized carbons (Fsp3) is 0.375. The van der Waals surface area contributed by atoms with Gasteiger partial charge in [-0.15, -0.1) is 0 Å². The van der Waals surface area contributed by atoms with Gasteiger partial charge in [0.25, 0.3) is 0 Å². The maximum Gasteiger partial charge on any atom is 0.175 e. The van der Waals surface area contributed by atoms with Crippen LogP contribution in [-0.2, 0) is 22.8 Å². The third-order valence-corrected chi connectivity index (χ3v) is 5.20. The van der Waals surface area contributed by atoms with E-state index >= 15 is 0 Å². The van der Waals surface area contributed by atoms with Gasteiger partial charge in [0.05, 0.1) is 11.0 Å². The van der Waals surface area contributed by atoms with Crippen LogP contribution in [0.5, 0.6) is 0 Å². The second-order valence-corrected chi connectivity index (χ2v) is 7.69. The number of nitrogens with zero attached hydrogens (tertiary/aromatic N) is 1. The number of hydrogen-bond donors (Lipinski definition) is 1. The molecule has 3 rings (SSSR count). The first-order valence-electron chi connectivity index (χ1n) is 7.10. The zero-order valence-electron chi connectivity index (χ0n) is 12.0. The number of benzene rings is 1. The van der Waals surface area contributed by atoms with Gasteiger partial charge in [0.2, 0.25) is 0 Å². The van der Waals surface area contributed by atoms with Gasteiger partial charge in [-0.2, -0.15) is 0 Å². The number of aliphatic hydroxyl groups excluding tert-OH is 1. The van der Waals surface area contributed by atoms with Crippen LogP contribution in [0.15, 0.2) is 41.4 Å². The van der Waals surface area contributed by atoms with Gasteiger partial charge < -0.3 is 9.67 Å². The molecule has 1 aromatic carbocycles. The van der Waals surface area contributed by atoms with E-state index in [0.29, 0.717) is 11.4 Å². The van der Waals surface area contributed by atoms with E-state index in [4.69, 9.17) is 0 Å². The van der Waals surface area contributed by atoms with E-state index < -0.39 is 9.84 Å². The fourth-order valence-corrected chi connectivity index (χ4v) is 3.55. The molecule has 1 heterocycles. The van der Waals surface area contributed by atoms with Crippen molar-refractivity contribution in [2.24, 2.45) is 0 Å². The highest BCUT2D eigenvalue weighted by Crippen LogP contribution is 2.30. The average molecular weight is 305 g/mol. The number of hydrogen-bond acceptors (Lipinski definition) is 3. The summed E-state index contributed by atoms with van der Waals surface area (Å²) in [6.07, 6.45) is 5.70. The van der Waals surface area contributed by atoms with Gasteiger partial charge in [-0.05, 0) is 43.0 Å². The zero-order valence-corrected chi connectivity index (χ0v) is 12.8. The van der Waals surface area contributed by atoms with Crippen molar-refractivity contribution in [3.8, 4) is 0 Å². The summed E-state index contributed by atoms with van der Waals surface area (Å²) in [5.74, 6) is 0. The van der Waals surface area contributed by atoms with Crippen LogP contribution in [0, 0.1) is 0 Å². The molecule has 4 nitrogen and oxygen atoms in total. The SMILES string of the molecule is CS(=O)(=O)c1ccc(Cn2ccc3c2CCCC3O)cc1. The molecule has 0 bridgehead atoms. The molecule has 0 amide bonds. The predicted molar refractivity (Wildman–Crippen MR) is 81.0 cm³/mol. The normalized spacial score (nSPS) is 18.5. The maximum absolute atomic E-state index is 11.5. The van der Waals surface area contributed by atoms with Crippen LogP contribution in [0.2, 0.25) is 0 Å². The topological polar surface area (TPSA) is 59.3 Å². The highest BCUT2D eigenvalue weighted by Gasteiger charge is 2.21. The molecule has 21 heavy (non-hydrogen) atoms. The molecule has 0 fully saturated rings. The predicted octanol–water partition coefficient (Wildman–Crippen LogP) is 2.31.